The van der Waals surface area contributed by atoms with Crippen LogP contribution in [0.25, 0.3) is 0 Å². The molecular weight excluding hydrogens is 290 g/mol. The average Bonchev–Trinajstić information content (AvgIpc) is 2.24. The van der Waals surface area contributed by atoms with Crippen molar-refractivity contribution in [2.75, 3.05) is 17.6 Å². The van der Waals surface area contributed by atoms with Gasteiger partial charge in [0.05, 0.1) is 5.75 Å². The third kappa shape index (κ3) is 8.53. The molecule has 0 aliphatic heterocycles. The molecule has 0 aliphatic carbocycles. The molecule has 0 radical (unpaired) electrons. The van der Waals surface area contributed by atoms with Gasteiger partial charge in [0.1, 0.15) is 0 Å². The van der Waals surface area contributed by atoms with Crippen LogP contribution < -0.4 is 4.72 Å². The zero-order chi connectivity index (χ0) is 12.4. The molecule has 0 saturated heterocycles. The summed E-state index contributed by atoms with van der Waals surface area (Å²) >= 11 is 3.41. The molecule has 5 heteroatoms. The third-order valence-corrected chi connectivity index (χ3v) is 4.46. The Kier molecular flexibility index (Phi) is 9.65. The van der Waals surface area contributed by atoms with Gasteiger partial charge >= 0.3 is 0 Å². The monoisotopic (exact) mass is 313 g/mol. The van der Waals surface area contributed by atoms with Gasteiger partial charge in [-0.25, -0.2) is 13.1 Å². The summed E-state index contributed by atoms with van der Waals surface area (Å²) < 4.78 is 25.9. The van der Waals surface area contributed by atoms with E-state index in [1.165, 1.54) is 0 Å². The van der Waals surface area contributed by atoms with Crippen molar-refractivity contribution in [1.82, 2.24) is 4.72 Å². The Balaban J connectivity index is 3.97. The van der Waals surface area contributed by atoms with Gasteiger partial charge in [0.25, 0.3) is 0 Å². The second-order valence-corrected chi connectivity index (χ2v) is 6.87. The molecule has 0 rings (SSSR count). The van der Waals surface area contributed by atoms with E-state index in [1.807, 2.05) is 6.92 Å². The van der Waals surface area contributed by atoms with Crippen LogP contribution in [-0.4, -0.2) is 26.0 Å². The summed E-state index contributed by atoms with van der Waals surface area (Å²) in [5, 5.41) is 0.939. The Labute approximate surface area is 109 Å². The van der Waals surface area contributed by atoms with E-state index < -0.39 is 10.0 Å². The molecule has 0 aromatic heterocycles. The summed E-state index contributed by atoms with van der Waals surface area (Å²) in [4.78, 5) is 0. The number of sulfonamides is 1. The Morgan fingerprint density at radius 3 is 2.38 bits per heavy atom. The molecule has 0 fully saturated rings. The molecule has 1 atom stereocenters. The fraction of sp³-hybridized carbons (Fsp3) is 1.00. The first-order chi connectivity index (χ1) is 7.55. The number of halogens is 1. The molecule has 98 valence electrons. The maximum Gasteiger partial charge on any atom is 0.211 e. The van der Waals surface area contributed by atoms with Gasteiger partial charge in [-0.05, 0) is 25.2 Å². The highest BCUT2D eigenvalue weighted by Gasteiger charge is 2.13. The summed E-state index contributed by atoms with van der Waals surface area (Å²) in [6.45, 7) is 4.72. The van der Waals surface area contributed by atoms with Crippen molar-refractivity contribution in [1.29, 1.82) is 0 Å². The van der Waals surface area contributed by atoms with Crippen LogP contribution in [0.3, 0.4) is 0 Å². The van der Waals surface area contributed by atoms with Crippen LogP contribution >= 0.6 is 15.9 Å². The number of nitrogens with one attached hydrogen (secondary N) is 1. The number of rotatable bonds is 10. The topological polar surface area (TPSA) is 46.2 Å². The van der Waals surface area contributed by atoms with Crippen LogP contribution in [0.2, 0.25) is 0 Å². The average molecular weight is 314 g/mol. The fourth-order valence-electron chi connectivity index (χ4n) is 1.56. The lowest BCUT2D eigenvalue weighted by Crippen LogP contribution is -2.31. The molecule has 0 bridgehead atoms. The number of unbranched alkanes of at least 4 members (excludes halogenated alkanes) is 1. The van der Waals surface area contributed by atoms with E-state index >= 15 is 0 Å². The van der Waals surface area contributed by atoms with E-state index in [2.05, 4.69) is 27.6 Å². The van der Waals surface area contributed by atoms with E-state index in [4.69, 9.17) is 0 Å². The highest BCUT2D eigenvalue weighted by atomic mass is 79.9. The van der Waals surface area contributed by atoms with E-state index in [0.717, 1.165) is 37.4 Å². The molecule has 1 unspecified atom stereocenters. The predicted molar refractivity (Wildman–Crippen MR) is 73.5 cm³/mol. The van der Waals surface area contributed by atoms with E-state index in [9.17, 15) is 8.42 Å². The van der Waals surface area contributed by atoms with E-state index in [0.29, 0.717) is 12.5 Å². The minimum absolute atomic E-state index is 0.261. The molecular formula is C11H24BrNO2S. The molecule has 0 spiro atoms. The first-order valence-corrected chi connectivity index (χ1v) is 8.86. The van der Waals surface area contributed by atoms with Crippen molar-refractivity contribution in [2.24, 2.45) is 5.92 Å². The number of hydrogen-bond donors (Lipinski definition) is 1. The zero-order valence-corrected chi connectivity index (χ0v) is 12.7. The minimum Gasteiger partial charge on any atom is -0.215 e. The van der Waals surface area contributed by atoms with Crippen molar-refractivity contribution in [3.05, 3.63) is 0 Å². The van der Waals surface area contributed by atoms with Crippen LogP contribution in [-0.2, 0) is 10.0 Å². The molecule has 0 heterocycles. The van der Waals surface area contributed by atoms with Gasteiger partial charge in [-0.3, -0.25) is 0 Å². The Morgan fingerprint density at radius 1 is 1.19 bits per heavy atom. The molecule has 0 aromatic carbocycles. The molecule has 0 amide bonds. The van der Waals surface area contributed by atoms with Crippen LogP contribution in [0.4, 0.5) is 0 Å². The smallest absolute Gasteiger partial charge is 0.211 e. The normalized spacial score (nSPS) is 13.9. The van der Waals surface area contributed by atoms with Crippen LogP contribution in [0.1, 0.15) is 46.0 Å². The summed E-state index contributed by atoms with van der Waals surface area (Å²) in [6, 6.07) is 0. The second-order valence-electron chi connectivity index (χ2n) is 4.15. The Morgan fingerprint density at radius 2 is 1.88 bits per heavy atom. The number of hydrogen-bond acceptors (Lipinski definition) is 2. The Hall–Kier alpha value is 0.390. The first-order valence-electron chi connectivity index (χ1n) is 6.09. The predicted octanol–water partition coefficient (Wildman–Crippen LogP) is 2.91. The standard InChI is InChI=1S/C11H24BrNO2S/c1-3-5-9-16(14,15)13-10-11(6-4-2)7-8-12/h11,13H,3-10H2,1-2H3. The molecule has 3 nitrogen and oxygen atoms in total. The van der Waals surface area contributed by atoms with Gasteiger partial charge in [-0.15, -0.1) is 0 Å². The lowest BCUT2D eigenvalue weighted by Gasteiger charge is -2.15. The van der Waals surface area contributed by atoms with Gasteiger partial charge in [-0.2, -0.15) is 0 Å². The largest absolute Gasteiger partial charge is 0.215 e. The van der Waals surface area contributed by atoms with E-state index in [1.54, 1.807) is 0 Å². The summed E-state index contributed by atoms with van der Waals surface area (Å²) in [6.07, 6.45) is 4.88. The van der Waals surface area contributed by atoms with Crippen molar-refractivity contribution >= 4 is 26.0 Å². The van der Waals surface area contributed by atoms with Gasteiger partial charge in [0.2, 0.25) is 10.0 Å². The summed E-state index contributed by atoms with van der Waals surface area (Å²) in [5.41, 5.74) is 0. The van der Waals surface area contributed by atoms with E-state index in [-0.39, 0.29) is 5.75 Å². The van der Waals surface area contributed by atoms with Crippen LogP contribution in [0.5, 0.6) is 0 Å². The second kappa shape index (κ2) is 9.42. The zero-order valence-electron chi connectivity index (χ0n) is 10.3. The fourth-order valence-corrected chi connectivity index (χ4v) is 3.51. The van der Waals surface area contributed by atoms with Gasteiger partial charge in [0.15, 0.2) is 0 Å². The van der Waals surface area contributed by atoms with Crippen LogP contribution in [0.15, 0.2) is 0 Å². The van der Waals surface area contributed by atoms with Crippen molar-refractivity contribution in [3.8, 4) is 0 Å². The molecule has 0 saturated carbocycles. The highest BCUT2D eigenvalue weighted by Crippen LogP contribution is 2.12. The van der Waals surface area contributed by atoms with Crippen molar-refractivity contribution in [3.63, 3.8) is 0 Å². The molecule has 0 aromatic rings. The lowest BCUT2D eigenvalue weighted by atomic mass is 10.0. The molecule has 16 heavy (non-hydrogen) atoms. The van der Waals surface area contributed by atoms with Gasteiger partial charge < -0.3 is 0 Å². The quantitative estimate of drug-likeness (QED) is 0.630. The van der Waals surface area contributed by atoms with Crippen molar-refractivity contribution in [2.45, 2.75) is 46.0 Å². The highest BCUT2D eigenvalue weighted by molar-refractivity contribution is 9.09. The van der Waals surface area contributed by atoms with Gasteiger partial charge in [0, 0.05) is 11.9 Å². The molecule has 1 N–H and O–H groups in total. The summed E-state index contributed by atoms with van der Waals surface area (Å²) in [5.74, 6) is 0.720. The SMILES string of the molecule is CCCCS(=O)(=O)NCC(CCC)CCBr. The Bertz CT molecular complexity index is 249. The number of alkyl halides is 1. The van der Waals surface area contributed by atoms with Crippen molar-refractivity contribution < 1.29 is 8.42 Å². The lowest BCUT2D eigenvalue weighted by molar-refractivity contribution is 0.458. The first kappa shape index (κ1) is 16.4. The van der Waals surface area contributed by atoms with Gasteiger partial charge in [-0.1, -0.05) is 42.6 Å². The van der Waals surface area contributed by atoms with Crippen LogP contribution in [0, 0.1) is 5.92 Å². The molecule has 0 aliphatic rings. The maximum atomic E-state index is 11.6. The minimum atomic E-state index is -3.04. The maximum absolute atomic E-state index is 11.6. The summed E-state index contributed by atoms with van der Waals surface area (Å²) in [7, 11) is -3.04. The third-order valence-electron chi connectivity index (χ3n) is 2.57.